The van der Waals surface area contributed by atoms with Crippen molar-refractivity contribution in [3.05, 3.63) is 35.9 Å². The molecule has 1 N–H and O–H groups in total. The van der Waals surface area contributed by atoms with Crippen LogP contribution in [0.2, 0.25) is 0 Å². The molecule has 0 saturated carbocycles. The van der Waals surface area contributed by atoms with Crippen LogP contribution < -0.4 is 0 Å². The minimum Gasteiger partial charge on any atom is -0.445 e. The molecule has 1 aromatic rings. The molecule has 5 heteroatoms. The van der Waals surface area contributed by atoms with Crippen molar-refractivity contribution in [2.24, 2.45) is 5.92 Å². The maximum atomic E-state index is 12.0. The average molecular weight is 318 g/mol. The number of aliphatic hydroxyl groups excluding tert-OH is 1. The lowest BCUT2D eigenvalue weighted by molar-refractivity contribution is 0.00470. The van der Waals surface area contributed by atoms with Crippen LogP contribution in [0.25, 0.3) is 0 Å². The van der Waals surface area contributed by atoms with E-state index in [1.54, 1.807) is 4.90 Å². The molecular weight excluding hydrogens is 292 g/mol. The van der Waals surface area contributed by atoms with Crippen molar-refractivity contribution in [2.75, 3.05) is 32.8 Å². The van der Waals surface area contributed by atoms with Crippen LogP contribution in [0.3, 0.4) is 0 Å². The van der Waals surface area contributed by atoms with Gasteiger partial charge in [-0.05, 0) is 43.8 Å². The Kier molecular flexibility index (Phi) is 5.51. The first-order valence-electron chi connectivity index (χ1n) is 8.57. The lowest BCUT2D eigenvalue weighted by Gasteiger charge is -2.47. The molecule has 1 amide bonds. The third kappa shape index (κ3) is 4.24. The third-order valence-electron chi connectivity index (χ3n) is 5.03. The van der Waals surface area contributed by atoms with E-state index < -0.39 is 0 Å². The fraction of sp³-hybridized carbons (Fsp3) is 0.611. The van der Waals surface area contributed by atoms with E-state index in [4.69, 9.17) is 9.84 Å². The van der Waals surface area contributed by atoms with Gasteiger partial charge in [-0.1, -0.05) is 30.3 Å². The first-order valence-corrected chi connectivity index (χ1v) is 8.57. The van der Waals surface area contributed by atoms with Gasteiger partial charge in [-0.3, -0.25) is 4.90 Å². The summed E-state index contributed by atoms with van der Waals surface area (Å²) in [6, 6.07) is 10.3. The van der Waals surface area contributed by atoms with E-state index in [-0.39, 0.29) is 6.09 Å². The highest BCUT2D eigenvalue weighted by Gasteiger charge is 2.36. The maximum absolute atomic E-state index is 12.0. The Hall–Kier alpha value is -1.59. The van der Waals surface area contributed by atoms with Crippen LogP contribution in [0.1, 0.15) is 24.8 Å². The number of piperidine rings is 1. The second kappa shape index (κ2) is 7.79. The second-order valence-corrected chi connectivity index (χ2v) is 6.59. The molecule has 2 fully saturated rings. The molecular formula is C18H26N2O3. The number of carbonyl (C=O) groups excluding carboxylic acids is 1. The van der Waals surface area contributed by atoms with Gasteiger partial charge >= 0.3 is 6.09 Å². The first-order chi connectivity index (χ1) is 11.3. The zero-order valence-electron chi connectivity index (χ0n) is 13.6. The molecule has 0 spiro atoms. The fourth-order valence-corrected chi connectivity index (χ4v) is 3.44. The molecule has 5 nitrogen and oxygen atoms in total. The van der Waals surface area contributed by atoms with E-state index in [2.05, 4.69) is 4.90 Å². The summed E-state index contributed by atoms with van der Waals surface area (Å²) in [5.74, 6) is 0.670. The molecule has 0 radical (unpaired) electrons. The number of hydrogen-bond acceptors (Lipinski definition) is 4. The lowest BCUT2D eigenvalue weighted by Crippen LogP contribution is -2.62. The van der Waals surface area contributed by atoms with E-state index in [0.29, 0.717) is 25.2 Å². The molecule has 23 heavy (non-hydrogen) atoms. The molecule has 3 rings (SSSR count). The van der Waals surface area contributed by atoms with Gasteiger partial charge in [0.05, 0.1) is 0 Å². The van der Waals surface area contributed by atoms with Gasteiger partial charge in [-0.2, -0.15) is 0 Å². The van der Waals surface area contributed by atoms with E-state index in [9.17, 15) is 4.79 Å². The van der Waals surface area contributed by atoms with Gasteiger partial charge < -0.3 is 14.7 Å². The Bertz CT molecular complexity index is 494. The van der Waals surface area contributed by atoms with Crippen LogP contribution >= 0.6 is 0 Å². The van der Waals surface area contributed by atoms with Gasteiger partial charge in [0.1, 0.15) is 6.61 Å². The Balaban J connectivity index is 1.35. The summed E-state index contributed by atoms with van der Waals surface area (Å²) in [4.78, 5) is 16.3. The van der Waals surface area contributed by atoms with Gasteiger partial charge in [0.2, 0.25) is 0 Å². The number of hydrogen-bond donors (Lipinski definition) is 1. The predicted octanol–water partition coefficient (Wildman–Crippen LogP) is 2.10. The van der Waals surface area contributed by atoms with Gasteiger partial charge in [0, 0.05) is 25.7 Å². The molecule has 126 valence electrons. The monoisotopic (exact) mass is 318 g/mol. The van der Waals surface area contributed by atoms with Crippen molar-refractivity contribution in [1.29, 1.82) is 0 Å². The molecule has 0 unspecified atom stereocenters. The molecule has 0 bridgehead atoms. The van der Waals surface area contributed by atoms with Gasteiger partial charge in [0.25, 0.3) is 0 Å². The summed E-state index contributed by atoms with van der Waals surface area (Å²) in [7, 11) is 0. The molecule has 2 aliphatic heterocycles. The Labute approximate surface area is 137 Å². The number of likely N-dealkylation sites (tertiary alicyclic amines) is 2. The molecule has 0 aliphatic carbocycles. The minimum atomic E-state index is -0.208. The molecule has 1 aromatic carbocycles. The normalized spacial score (nSPS) is 20.3. The van der Waals surface area contributed by atoms with Crippen molar-refractivity contribution < 1.29 is 14.6 Å². The Morgan fingerprint density at radius 1 is 1.17 bits per heavy atom. The standard InChI is InChI=1S/C18H26N2O3/c21-11-8-15-6-9-19(10-7-15)17-12-20(13-17)18(22)23-14-16-4-2-1-3-5-16/h1-5,15,17,21H,6-14H2. The van der Waals surface area contributed by atoms with E-state index in [1.165, 1.54) is 0 Å². The van der Waals surface area contributed by atoms with Gasteiger partial charge in [-0.15, -0.1) is 0 Å². The minimum absolute atomic E-state index is 0.208. The number of rotatable bonds is 5. The van der Waals surface area contributed by atoms with E-state index in [1.807, 2.05) is 30.3 Å². The lowest BCUT2D eigenvalue weighted by atomic mass is 9.92. The highest BCUT2D eigenvalue weighted by molar-refractivity contribution is 5.68. The Morgan fingerprint density at radius 3 is 2.52 bits per heavy atom. The topological polar surface area (TPSA) is 53.0 Å². The molecule has 2 aliphatic rings. The number of amides is 1. The number of benzene rings is 1. The number of carbonyl (C=O) groups is 1. The fourth-order valence-electron chi connectivity index (χ4n) is 3.44. The quantitative estimate of drug-likeness (QED) is 0.903. The highest BCUT2D eigenvalue weighted by Crippen LogP contribution is 2.25. The summed E-state index contributed by atoms with van der Waals surface area (Å²) in [6.45, 7) is 4.36. The molecule has 0 aromatic heterocycles. The van der Waals surface area contributed by atoms with Crippen LogP contribution in [-0.2, 0) is 11.3 Å². The van der Waals surface area contributed by atoms with Crippen LogP contribution in [-0.4, -0.2) is 59.8 Å². The first kappa shape index (κ1) is 16.3. The molecule has 2 saturated heterocycles. The largest absolute Gasteiger partial charge is 0.445 e. The summed E-state index contributed by atoms with van der Waals surface area (Å²) in [5.41, 5.74) is 1.02. The summed E-state index contributed by atoms with van der Waals surface area (Å²) < 4.78 is 5.36. The van der Waals surface area contributed by atoms with Crippen molar-refractivity contribution in [3.8, 4) is 0 Å². The number of ether oxygens (including phenoxy) is 1. The summed E-state index contributed by atoms with van der Waals surface area (Å²) >= 11 is 0. The molecule has 2 heterocycles. The SMILES string of the molecule is O=C(OCc1ccccc1)N1CC(N2CCC(CCO)CC2)C1. The maximum Gasteiger partial charge on any atom is 0.410 e. The number of aliphatic hydroxyl groups is 1. The second-order valence-electron chi connectivity index (χ2n) is 6.59. The van der Waals surface area contributed by atoms with Crippen LogP contribution in [0, 0.1) is 5.92 Å². The zero-order valence-corrected chi connectivity index (χ0v) is 13.6. The number of nitrogens with zero attached hydrogens (tertiary/aromatic N) is 2. The van der Waals surface area contributed by atoms with Crippen LogP contribution in [0.5, 0.6) is 0 Å². The van der Waals surface area contributed by atoms with Gasteiger partial charge in [-0.25, -0.2) is 4.79 Å². The van der Waals surface area contributed by atoms with E-state index >= 15 is 0 Å². The van der Waals surface area contributed by atoms with Crippen molar-refractivity contribution in [1.82, 2.24) is 9.80 Å². The van der Waals surface area contributed by atoms with Gasteiger partial charge in [0.15, 0.2) is 0 Å². The Morgan fingerprint density at radius 2 is 1.87 bits per heavy atom. The molecule has 0 atom stereocenters. The smallest absolute Gasteiger partial charge is 0.410 e. The predicted molar refractivity (Wildman–Crippen MR) is 88.0 cm³/mol. The average Bonchev–Trinajstić information content (AvgIpc) is 2.54. The van der Waals surface area contributed by atoms with E-state index in [0.717, 1.165) is 51.0 Å². The van der Waals surface area contributed by atoms with Crippen LogP contribution in [0.4, 0.5) is 4.79 Å². The third-order valence-corrected chi connectivity index (χ3v) is 5.03. The summed E-state index contributed by atoms with van der Waals surface area (Å²) in [6.07, 6.45) is 3.04. The highest BCUT2D eigenvalue weighted by atomic mass is 16.6. The van der Waals surface area contributed by atoms with Crippen molar-refractivity contribution in [3.63, 3.8) is 0 Å². The van der Waals surface area contributed by atoms with Crippen molar-refractivity contribution in [2.45, 2.75) is 31.9 Å². The zero-order chi connectivity index (χ0) is 16.1. The summed E-state index contributed by atoms with van der Waals surface area (Å²) in [5, 5.41) is 9.01. The van der Waals surface area contributed by atoms with Crippen LogP contribution in [0.15, 0.2) is 30.3 Å². The van der Waals surface area contributed by atoms with Crippen molar-refractivity contribution >= 4 is 6.09 Å².